The number of nitrogens with zero attached hydrogens (tertiary/aromatic N) is 4. The first-order valence-electron chi connectivity index (χ1n) is 9.64. The highest BCUT2D eigenvalue weighted by atomic mass is 16.5. The summed E-state index contributed by atoms with van der Waals surface area (Å²) in [6.07, 6.45) is 1.49. The van der Waals surface area contributed by atoms with Crippen LogP contribution in [0.25, 0.3) is 5.69 Å². The van der Waals surface area contributed by atoms with E-state index in [0.29, 0.717) is 17.0 Å². The summed E-state index contributed by atoms with van der Waals surface area (Å²) in [6.45, 7) is 1.92. The number of aromatic nitrogens is 4. The quantitative estimate of drug-likeness (QED) is 0.560. The molecule has 4 rings (SSSR count). The van der Waals surface area contributed by atoms with Gasteiger partial charge in [-0.15, -0.1) is 5.10 Å². The molecule has 31 heavy (non-hydrogen) atoms. The summed E-state index contributed by atoms with van der Waals surface area (Å²) in [5, 5.41) is 16.5. The molecular weight excluding hydrogens is 400 g/mol. The zero-order valence-electron chi connectivity index (χ0n) is 16.7. The van der Waals surface area contributed by atoms with E-state index in [9.17, 15) is 9.59 Å². The van der Waals surface area contributed by atoms with Gasteiger partial charge in [0.25, 0.3) is 0 Å². The Morgan fingerprint density at radius 2 is 1.90 bits per heavy atom. The molecule has 2 amide bonds. The summed E-state index contributed by atoms with van der Waals surface area (Å²) in [7, 11) is 0. The summed E-state index contributed by atoms with van der Waals surface area (Å²) < 4.78 is 12.6. The smallest absolute Gasteiger partial charge is 0.338 e. The van der Waals surface area contributed by atoms with Crippen LogP contribution in [0.1, 0.15) is 18.5 Å². The fourth-order valence-electron chi connectivity index (χ4n) is 3.21. The van der Waals surface area contributed by atoms with Crippen molar-refractivity contribution in [3.05, 3.63) is 77.8 Å². The predicted octanol–water partition coefficient (Wildman–Crippen LogP) is 1.91. The van der Waals surface area contributed by atoms with E-state index in [0.717, 1.165) is 11.3 Å². The Labute approximate surface area is 177 Å². The summed E-state index contributed by atoms with van der Waals surface area (Å²) in [4.78, 5) is 25.0. The van der Waals surface area contributed by atoms with E-state index in [1.807, 2.05) is 30.3 Å². The fraction of sp³-hybridized carbons (Fsp3) is 0.190. The molecule has 2 aromatic carbocycles. The second-order valence-corrected chi connectivity index (χ2v) is 6.59. The average molecular weight is 420 g/mol. The molecule has 0 saturated heterocycles. The molecule has 158 valence electrons. The zero-order valence-corrected chi connectivity index (χ0v) is 16.7. The Hall–Kier alpha value is -4.21. The Bertz CT molecular complexity index is 1080. The minimum absolute atomic E-state index is 0.0187. The number of esters is 1. The number of ether oxygens (including phenoxy) is 2. The monoisotopic (exact) mass is 420 g/mol. The highest BCUT2D eigenvalue weighted by Crippen LogP contribution is 2.28. The highest BCUT2D eigenvalue weighted by Gasteiger charge is 2.33. The number of tetrazole rings is 1. The summed E-state index contributed by atoms with van der Waals surface area (Å²) in [6, 6.07) is 15.2. The molecule has 0 radical (unpaired) electrons. The first-order valence-corrected chi connectivity index (χ1v) is 9.64. The molecule has 10 heteroatoms. The van der Waals surface area contributed by atoms with E-state index >= 15 is 0 Å². The Kier molecular flexibility index (Phi) is 5.88. The van der Waals surface area contributed by atoms with Gasteiger partial charge in [-0.3, -0.25) is 0 Å². The van der Waals surface area contributed by atoms with Crippen LogP contribution in [-0.4, -0.2) is 45.4 Å². The van der Waals surface area contributed by atoms with Gasteiger partial charge in [0.05, 0.1) is 29.6 Å². The van der Waals surface area contributed by atoms with E-state index in [2.05, 4.69) is 26.2 Å². The third kappa shape index (κ3) is 4.53. The molecule has 0 spiro atoms. The molecule has 1 aliphatic heterocycles. The maximum atomic E-state index is 12.7. The Balaban J connectivity index is 1.59. The van der Waals surface area contributed by atoms with Crippen molar-refractivity contribution in [1.29, 1.82) is 0 Å². The molecule has 10 nitrogen and oxygen atoms in total. The van der Waals surface area contributed by atoms with Crippen molar-refractivity contribution in [2.24, 2.45) is 0 Å². The van der Waals surface area contributed by atoms with Crippen LogP contribution in [0.4, 0.5) is 4.79 Å². The molecule has 1 unspecified atom stereocenters. The predicted molar refractivity (Wildman–Crippen MR) is 109 cm³/mol. The van der Waals surface area contributed by atoms with Crippen LogP contribution in [0.15, 0.2) is 72.2 Å². The van der Waals surface area contributed by atoms with Crippen molar-refractivity contribution in [3.63, 3.8) is 0 Å². The topological polar surface area (TPSA) is 120 Å². The molecule has 1 aromatic heterocycles. The maximum absolute atomic E-state index is 12.7. The van der Waals surface area contributed by atoms with E-state index in [1.54, 1.807) is 31.2 Å². The average Bonchev–Trinajstić information content (AvgIpc) is 3.33. The molecule has 2 N–H and O–H groups in total. The van der Waals surface area contributed by atoms with Crippen LogP contribution in [0, 0.1) is 0 Å². The van der Waals surface area contributed by atoms with E-state index in [1.165, 1.54) is 11.0 Å². The van der Waals surface area contributed by atoms with Crippen molar-refractivity contribution in [3.8, 4) is 11.4 Å². The van der Waals surface area contributed by atoms with Crippen LogP contribution in [0.3, 0.4) is 0 Å². The van der Waals surface area contributed by atoms with Crippen LogP contribution in [0.2, 0.25) is 0 Å². The van der Waals surface area contributed by atoms with E-state index < -0.39 is 18.0 Å². The first kappa shape index (κ1) is 20.1. The third-order valence-corrected chi connectivity index (χ3v) is 4.62. The number of amides is 2. The van der Waals surface area contributed by atoms with Gasteiger partial charge < -0.3 is 20.1 Å². The third-order valence-electron chi connectivity index (χ3n) is 4.62. The summed E-state index contributed by atoms with van der Waals surface area (Å²) in [5.41, 5.74) is 2.19. The van der Waals surface area contributed by atoms with Gasteiger partial charge in [-0.1, -0.05) is 30.3 Å². The Morgan fingerprint density at radius 3 is 2.58 bits per heavy atom. The molecule has 2 heterocycles. The SMILES string of the molecule is CCOC(=O)C1=C(COc2ccc(-n3cnnn3)cc2)NC(=O)NC1c1ccccc1. The van der Waals surface area contributed by atoms with Gasteiger partial charge in [-0.25, -0.2) is 14.3 Å². The number of carbonyl (C=O) groups excluding carboxylic acids is 2. The van der Waals surface area contributed by atoms with Gasteiger partial charge in [-0.05, 0) is 47.2 Å². The molecule has 0 saturated carbocycles. The highest BCUT2D eigenvalue weighted by molar-refractivity contribution is 5.95. The van der Waals surface area contributed by atoms with Crippen LogP contribution in [0.5, 0.6) is 5.75 Å². The fourth-order valence-corrected chi connectivity index (χ4v) is 3.21. The summed E-state index contributed by atoms with van der Waals surface area (Å²) in [5.74, 6) is 0.0352. The van der Waals surface area contributed by atoms with Crippen molar-refractivity contribution < 1.29 is 19.1 Å². The maximum Gasteiger partial charge on any atom is 0.338 e. The minimum Gasteiger partial charge on any atom is -0.487 e. The van der Waals surface area contributed by atoms with Crippen LogP contribution in [-0.2, 0) is 9.53 Å². The number of hydrogen-bond donors (Lipinski definition) is 2. The lowest BCUT2D eigenvalue weighted by Gasteiger charge is -2.29. The molecular formula is C21H20N6O4. The molecule has 1 atom stereocenters. The van der Waals surface area contributed by atoms with Crippen LogP contribution < -0.4 is 15.4 Å². The lowest BCUT2D eigenvalue weighted by atomic mass is 9.95. The minimum atomic E-state index is -0.644. The van der Waals surface area contributed by atoms with Gasteiger partial charge in [-0.2, -0.15) is 0 Å². The van der Waals surface area contributed by atoms with Gasteiger partial charge >= 0.3 is 12.0 Å². The van der Waals surface area contributed by atoms with Crippen LogP contribution >= 0.6 is 0 Å². The zero-order chi connectivity index (χ0) is 21.6. The van der Waals surface area contributed by atoms with Crippen molar-refractivity contribution in [2.45, 2.75) is 13.0 Å². The van der Waals surface area contributed by atoms with Crippen molar-refractivity contribution in [2.75, 3.05) is 13.2 Å². The number of carbonyl (C=O) groups is 2. The molecule has 0 fully saturated rings. The molecule has 3 aromatic rings. The Morgan fingerprint density at radius 1 is 1.13 bits per heavy atom. The van der Waals surface area contributed by atoms with Crippen molar-refractivity contribution >= 4 is 12.0 Å². The number of nitrogens with one attached hydrogen (secondary N) is 2. The number of urea groups is 1. The van der Waals surface area contributed by atoms with Gasteiger partial charge in [0.15, 0.2) is 0 Å². The molecule has 0 aliphatic carbocycles. The van der Waals surface area contributed by atoms with Gasteiger partial charge in [0.2, 0.25) is 0 Å². The van der Waals surface area contributed by atoms with Crippen molar-refractivity contribution in [1.82, 2.24) is 30.8 Å². The van der Waals surface area contributed by atoms with Gasteiger partial charge in [0, 0.05) is 0 Å². The lowest BCUT2D eigenvalue weighted by molar-refractivity contribution is -0.139. The van der Waals surface area contributed by atoms with E-state index in [4.69, 9.17) is 9.47 Å². The van der Waals surface area contributed by atoms with Gasteiger partial charge in [0.1, 0.15) is 18.7 Å². The standard InChI is InChI=1S/C21H20N6O4/c1-2-30-20(28)18-17(23-21(29)24-19(18)14-6-4-3-5-7-14)12-31-16-10-8-15(9-11-16)27-13-22-25-26-27/h3-11,13,19H,2,12H2,1H3,(H2,23,24,29). The lowest BCUT2D eigenvalue weighted by Crippen LogP contribution is -2.47. The number of hydrogen-bond acceptors (Lipinski definition) is 7. The first-order chi connectivity index (χ1) is 15.2. The molecule has 1 aliphatic rings. The second-order valence-electron chi connectivity index (χ2n) is 6.59. The largest absolute Gasteiger partial charge is 0.487 e. The number of rotatable bonds is 7. The number of benzene rings is 2. The molecule has 0 bridgehead atoms. The normalized spacial score (nSPS) is 15.8. The second kappa shape index (κ2) is 9.08. The summed E-state index contributed by atoms with van der Waals surface area (Å²) >= 11 is 0. The van der Waals surface area contributed by atoms with E-state index in [-0.39, 0.29) is 13.2 Å².